The molecule has 5 nitrogen and oxygen atoms in total. The van der Waals surface area contributed by atoms with E-state index in [1.54, 1.807) is 14.2 Å². The lowest BCUT2D eigenvalue weighted by molar-refractivity contribution is -0.0329. The molecule has 19 heavy (non-hydrogen) atoms. The second-order valence-electron chi connectivity index (χ2n) is 4.81. The van der Waals surface area contributed by atoms with Crippen LogP contribution in [0.4, 0.5) is 0 Å². The predicted octanol–water partition coefficient (Wildman–Crippen LogP) is 1.03. The summed E-state index contributed by atoms with van der Waals surface area (Å²) in [7, 11) is 5.36. The molecule has 0 saturated carbocycles. The van der Waals surface area contributed by atoms with Gasteiger partial charge in [-0.2, -0.15) is 0 Å². The molecule has 2 unspecified atom stereocenters. The first-order chi connectivity index (χ1) is 9.15. The van der Waals surface area contributed by atoms with Gasteiger partial charge in [0.25, 0.3) is 0 Å². The Morgan fingerprint density at radius 3 is 2.79 bits per heavy atom. The molecule has 2 atom stereocenters. The zero-order chi connectivity index (χ0) is 13.8. The zero-order valence-electron chi connectivity index (χ0n) is 11.8. The fourth-order valence-electron chi connectivity index (χ4n) is 2.33. The molecule has 1 saturated heterocycles. The normalized spacial score (nSPS) is 22.0. The van der Waals surface area contributed by atoms with Gasteiger partial charge in [0.05, 0.1) is 33.0 Å². The maximum Gasteiger partial charge on any atom is 0.123 e. The highest BCUT2D eigenvalue weighted by Gasteiger charge is 2.27. The van der Waals surface area contributed by atoms with Gasteiger partial charge < -0.3 is 24.8 Å². The minimum absolute atomic E-state index is 0.0280. The summed E-state index contributed by atoms with van der Waals surface area (Å²) in [6.07, 6.45) is -0.0280. The topological polar surface area (TPSA) is 57.0 Å². The van der Waals surface area contributed by atoms with E-state index < -0.39 is 0 Å². The lowest BCUT2D eigenvalue weighted by Crippen LogP contribution is -2.45. The Morgan fingerprint density at radius 2 is 2.16 bits per heavy atom. The molecule has 0 radical (unpaired) electrons. The third-order valence-electron chi connectivity index (χ3n) is 3.49. The second-order valence-corrected chi connectivity index (χ2v) is 4.81. The number of likely N-dealkylation sites (N-methyl/N-ethyl adjacent to an activating group) is 1. The molecule has 1 aliphatic rings. The van der Waals surface area contributed by atoms with E-state index in [0.717, 1.165) is 30.2 Å². The van der Waals surface area contributed by atoms with Gasteiger partial charge in [-0.05, 0) is 25.2 Å². The molecule has 0 aliphatic carbocycles. The van der Waals surface area contributed by atoms with Crippen molar-refractivity contribution in [3.8, 4) is 11.5 Å². The van der Waals surface area contributed by atoms with Crippen molar-refractivity contribution < 1.29 is 14.2 Å². The van der Waals surface area contributed by atoms with E-state index in [2.05, 4.69) is 11.9 Å². The van der Waals surface area contributed by atoms with Crippen LogP contribution in [0.1, 0.15) is 11.6 Å². The molecular weight excluding hydrogens is 244 g/mol. The number of benzene rings is 1. The highest BCUT2D eigenvalue weighted by Crippen LogP contribution is 2.31. The SMILES string of the molecule is COc1ccc(OC)c(C(N)C2CN(C)CCO2)c1. The van der Waals surface area contributed by atoms with Crippen LogP contribution in [0, 0.1) is 0 Å². The number of hydrogen-bond acceptors (Lipinski definition) is 5. The highest BCUT2D eigenvalue weighted by molar-refractivity contribution is 5.42. The minimum Gasteiger partial charge on any atom is -0.497 e. The smallest absolute Gasteiger partial charge is 0.123 e. The summed E-state index contributed by atoms with van der Waals surface area (Å²) >= 11 is 0. The van der Waals surface area contributed by atoms with Crippen LogP contribution >= 0.6 is 0 Å². The molecule has 0 bridgehead atoms. The molecule has 1 aromatic rings. The van der Waals surface area contributed by atoms with Crippen molar-refractivity contribution in [1.82, 2.24) is 4.90 Å². The van der Waals surface area contributed by atoms with E-state index in [4.69, 9.17) is 19.9 Å². The molecule has 1 heterocycles. The number of morpholine rings is 1. The van der Waals surface area contributed by atoms with Crippen LogP contribution in [0.5, 0.6) is 11.5 Å². The van der Waals surface area contributed by atoms with Crippen LogP contribution in [0.15, 0.2) is 18.2 Å². The van der Waals surface area contributed by atoms with Crippen molar-refractivity contribution in [3.05, 3.63) is 23.8 Å². The van der Waals surface area contributed by atoms with Crippen molar-refractivity contribution >= 4 is 0 Å². The Morgan fingerprint density at radius 1 is 1.37 bits per heavy atom. The maximum absolute atomic E-state index is 6.34. The Labute approximate surface area is 114 Å². The van der Waals surface area contributed by atoms with E-state index in [-0.39, 0.29) is 12.1 Å². The fourth-order valence-corrected chi connectivity index (χ4v) is 2.33. The van der Waals surface area contributed by atoms with Gasteiger partial charge in [0.1, 0.15) is 11.5 Å². The third-order valence-corrected chi connectivity index (χ3v) is 3.49. The summed E-state index contributed by atoms with van der Waals surface area (Å²) < 4.78 is 16.4. The first kappa shape index (κ1) is 14.1. The summed E-state index contributed by atoms with van der Waals surface area (Å²) in [4.78, 5) is 2.22. The van der Waals surface area contributed by atoms with E-state index in [1.165, 1.54) is 0 Å². The van der Waals surface area contributed by atoms with Gasteiger partial charge in [-0.25, -0.2) is 0 Å². The van der Waals surface area contributed by atoms with Gasteiger partial charge >= 0.3 is 0 Å². The van der Waals surface area contributed by atoms with Crippen molar-refractivity contribution in [2.24, 2.45) is 5.73 Å². The number of rotatable bonds is 4. The number of hydrogen-bond donors (Lipinski definition) is 1. The molecule has 2 rings (SSSR count). The summed E-state index contributed by atoms with van der Waals surface area (Å²) in [5.41, 5.74) is 7.26. The summed E-state index contributed by atoms with van der Waals surface area (Å²) in [5, 5.41) is 0. The van der Waals surface area contributed by atoms with Crippen molar-refractivity contribution in [1.29, 1.82) is 0 Å². The van der Waals surface area contributed by atoms with Crippen molar-refractivity contribution in [2.45, 2.75) is 12.1 Å². The lowest BCUT2D eigenvalue weighted by atomic mass is 9.99. The quantitative estimate of drug-likeness (QED) is 0.882. The second kappa shape index (κ2) is 6.23. The van der Waals surface area contributed by atoms with Gasteiger partial charge in [0.2, 0.25) is 0 Å². The van der Waals surface area contributed by atoms with E-state index in [1.807, 2.05) is 18.2 Å². The molecule has 1 aromatic carbocycles. The molecular formula is C14H22N2O3. The first-order valence-electron chi connectivity index (χ1n) is 6.43. The number of methoxy groups -OCH3 is 2. The van der Waals surface area contributed by atoms with Crippen LogP contribution in [0.2, 0.25) is 0 Å². The van der Waals surface area contributed by atoms with E-state index in [0.29, 0.717) is 6.61 Å². The average molecular weight is 266 g/mol. The van der Waals surface area contributed by atoms with Crippen LogP contribution in [-0.4, -0.2) is 52.0 Å². The Bertz CT molecular complexity index is 425. The van der Waals surface area contributed by atoms with Crippen LogP contribution < -0.4 is 15.2 Å². The molecule has 0 spiro atoms. The Hall–Kier alpha value is -1.30. The predicted molar refractivity (Wildman–Crippen MR) is 73.7 cm³/mol. The molecule has 2 N–H and O–H groups in total. The van der Waals surface area contributed by atoms with E-state index >= 15 is 0 Å². The zero-order valence-corrected chi connectivity index (χ0v) is 11.8. The van der Waals surface area contributed by atoms with Crippen LogP contribution in [0.25, 0.3) is 0 Å². The molecule has 0 aromatic heterocycles. The van der Waals surface area contributed by atoms with E-state index in [9.17, 15) is 0 Å². The fraction of sp³-hybridized carbons (Fsp3) is 0.571. The van der Waals surface area contributed by atoms with Gasteiger partial charge in [-0.15, -0.1) is 0 Å². The molecule has 0 amide bonds. The van der Waals surface area contributed by atoms with Crippen LogP contribution in [-0.2, 0) is 4.74 Å². The minimum atomic E-state index is -0.229. The molecule has 1 aliphatic heterocycles. The monoisotopic (exact) mass is 266 g/mol. The number of ether oxygens (including phenoxy) is 3. The molecule has 106 valence electrons. The van der Waals surface area contributed by atoms with Gasteiger partial charge in [-0.3, -0.25) is 0 Å². The van der Waals surface area contributed by atoms with Crippen molar-refractivity contribution in [3.63, 3.8) is 0 Å². The first-order valence-corrected chi connectivity index (χ1v) is 6.43. The molecule has 5 heteroatoms. The van der Waals surface area contributed by atoms with Gasteiger partial charge in [0, 0.05) is 18.7 Å². The van der Waals surface area contributed by atoms with Crippen molar-refractivity contribution in [2.75, 3.05) is 41.0 Å². The Kier molecular flexibility index (Phi) is 4.63. The standard InChI is InChI=1S/C14H22N2O3/c1-16-6-7-19-13(9-16)14(15)11-8-10(17-2)4-5-12(11)18-3/h4-5,8,13-14H,6-7,9,15H2,1-3H3. The lowest BCUT2D eigenvalue weighted by Gasteiger charge is -2.34. The Balaban J connectivity index is 2.23. The third kappa shape index (κ3) is 3.18. The van der Waals surface area contributed by atoms with Gasteiger partial charge in [0.15, 0.2) is 0 Å². The summed E-state index contributed by atoms with van der Waals surface area (Å²) in [5.74, 6) is 1.54. The summed E-state index contributed by atoms with van der Waals surface area (Å²) in [6, 6.07) is 5.43. The average Bonchev–Trinajstić information content (AvgIpc) is 2.45. The highest BCUT2D eigenvalue weighted by atomic mass is 16.5. The van der Waals surface area contributed by atoms with Crippen LogP contribution in [0.3, 0.4) is 0 Å². The maximum atomic E-state index is 6.34. The molecule has 1 fully saturated rings. The van der Waals surface area contributed by atoms with Gasteiger partial charge in [-0.1, -0.05) is 0 Å². The number of nitrogens with two attached hydrogens (primary N) is 1. The largest absolute Gasteiger partial charge is 0.497 e. The summed E-state index contributed by atoms with van der Waals surface area (Å²) in [6.45, 7) is 2.47. The number of nitrogens with zero attached hydrogens (tertiary/aromatic N) is 1.